The van der Waals surface area contributed by atoms with Crippen LogP contribution in [-0.4, -0.2) is 35.2 Å². The van der Waals surface area contributed by atoms with Gasteiger partial charge in [-0.25, -0.2) is 0 Å². The lowest BCUT2D eigenvalue weighted by atomic mass is 10.1. The Hall–Kier alpha value is -2.93. The van der Waals surface area contributed by atoms with Gasteiger partial charge in [0.2, 0.25) is 5.91 Å². The topological polar surface area (TPSA) is 76.5 Å². The average molecular weight is 340 g/mol. The van der Waals surface area contributed by atoms with Gasteiger partial charge in [0.1, 0.15) is 5.82 Å². The Morgan fingerprint density at radius 1 is 1.36 bits per heavy atom. The van der Waals surface area contributed by atoms with Gasteiger partial charge in [-0.1, -0.05) is 6.58 Å². The third kappa shape index (κ3) is 3.32. The zero-order valence-electron chi connectivity index (χ0n) is 14.3. The maximum atomic E-state index is 12.5. The highest BCUT2D eigenvalue weighted by Crippen LogP contribution is 2.25. The summed E-state index contributed by atoms with van der Waals surface area (Å²) in [4.78, 5) is 25.6. The van der Waals surface area contributed by atoms with Crippen molar-refractivity contribution in [3.8, 4) is 0 Å². The minimum Gasteiger partial charge on any atom is -0.376 e. The number of fused-ring (bicyclic) bond motifs is 1. The molecule has 3 rings (SSSR count). The Balaban J connectivity index is 1.77. The fourth-order valence-electron chi connectivity index (χ4n) is 2.76. The molecule has 1 aliphatic rings. The fourth-order valence-corrected chi connectivity index (χ4v) is 2.76. The number of benzene rings is 1. The zero-order chi connectivity index (χ0) is 18.0. The summed E-state index contributed by atoms with van der Waals surface area (Å²) in [7, 11) is 3.45. The van der Waals surface area contributed by atoms with E-state index in [1.54, 1.807) is 43.0 Å². The summed E-state index contributed by atoms with van der Waals surface area (Å²) in [5.41, 5.74) is 3.07. The van der Waals surface area contributed by atoms with Gasteiger partial charge in [-0.3, -0.25) is 14.3 Å². The van der Waals surface area contributed by atoms with Gasteiger partial charge in [0.15, 0.2) is 0 Å². The number of hydrogen-bond acceptors (Lipinski definition) is 4. The Kier molecular flexibility index (Phi) is 4.67. The summed E-state index contributed by atoms with van der Waals surface area (Å²) < 4.78 is 7.13. The third-order valence-electron chi connectivity index (χ3n) is 4.21. The van der Waals surface area contributed by atoms with Crippen molar-refractivity contribution in [3.05, 3.63) is 53.7 Å². The maximum absolute atomic E-state index is 12.5. The summed E-state index contributed by atoms with van der Waals surface area (Å²) in [5, 5.41) is 7.33. The van der Waals surface area contributed by atoms with Crippen LogP contribution in [0.4, 0.5) is 11.5 Å². The van der Waals surface area contributed by atoms with Gasteiger partial charge in [-0.15, -0.1) is 0 Å². The van der Waals surface area contributed by atoms with E-state index in [0.717, 1.165) is 17.7 Å². The zero-order valence-corrected chi connectivity index (χ0v) is 14.3. The highest BCUT2D eigenvalue weighted by molar-refractivity contribution is 6.05. The summed E-state index contributed by atoms with van der Waals surface area (Å²) in [6.07, 6.45) is 1.99. The highest BCUT2D eigenvalue weighted by Gasteiger charge is 2.21. The predicted molar refractivity (Wildman–Crippen MR) is 94.6 cm³/mol. The molecule has 0 atom stereocenters. The summed E-state index contributed by atoms with van der Waals surface area (Å²) in [6.45, 7) is 4.56. The van der Waals surface area contributed by atoms with Gasteiger partial charge in [0, 0.05) is 37.3 Å². The molecule has 0 aliphatic carbocycles. The van der Waals surface area contributed by atoms with Crippen LogP contribution in [0.2, 0.25) is 0 Å². The normalized spacial score (nSPS) is 13.0. The van der Waals surface area contributed by atoms with E-state index in [1.807, 2.05) is 0 Å². The smallest absolute Gasteiger partial charge is 0.256 e. The number of likely N-dealkylation sites (N-methyl/N-ethyl adjacent to an activating group) is 1. The number of carbonyl (C=O) groups is 2. The number of ether oxygens (including phenoxy) is 1. The molecule has 130 valence electrons. The van der Waals surface area contributed by atoms with Gasteiger partial charge < -0.3 is 15.0 Å². The molecule has 7 nitrogen and oxygen atoms in total. The lowest BCUT2D eigenvalue weighted by Gasteiger charge is -2.16. The van der Waals surface area contributed by atoms with Gasteiger partial charge >= 0.3 is 0 Å². The molecule has 0 spiro atoms. The van der Waals surface area contributed by atoms with Crippen molar-refractivity contribution < 1.29 is 14.3 Å². The van der Waals surface area contributed by atoms with Crippen LogP contribution in [0.5, 0.6) is 0 Å². The number of amides is 2. The van der Waals surface area contributed by atoms with Crippen LogP contribution >= 0.6 is 0 Å². The summed E-state index contributed by atoms with van der Waals surface area (Å²) >= 11 is 0. The number of nitrogens with zero attached hydrogens (tertiary/aromatic N) is 3. The second-order valence-electron chi connectivity index (χ2n) is 5.80. The van der Waals surface area contributed by atoms with Crippen molar-refractivity contribution in [2.75, 3.05) is 23.9 Å². The lowest BCUT2D eigenvalue weighted by molar-refractivity contribution is -0.113. The van der Waals surface area contributed by atoms with E-state index in [0.29, 0.717) is 30.3 Å². The molecule has 1 aromatic carbocycles. The minimum absolute atomic E-state index is 0.210. The third-order valence-corrected chi connectivity index (χ3v) is 4.21. The molecule has 0 unspecified atom stereocenters. The second kappa shape index (κ2) is 6.90. The predicted octanol–water partition coefficient (Wildman–Crippen LogP) is 1.89. The molecule has 0 radical (unpaired) electrons. The average Bonchev–Trinajstić information content (AvgIpc) is 2.96. The first-order valence-corrected chi connectivity index (χ1v) is 7.95. The van der Waals surface area contributed by atoms with Crippen LogP contribution in [0, 0.1) is 0 Å². The van der Waals surface area contributed by atoms with Crippen molar-refractivity contribution in [2.24, 2.45) is 7.05 Å². The van der Waals surface area contributed by atoms with Gasteiger partial charge in [-0.2, -0.15) is 5.10 Å². The van der Waals surface area contributed by atoms with Crippen molar-refractivity contribution in [3.63, 3.8) is 0 Å². The molecular weight excluding hydrogens is 320 g/mol. The van der Waals surface area contributed by atoms with Crippen molar-refractivity contribution in [1.82, 2.24) is 9.78 Å². The fraction of sp³-hybridized carbons (Fsp3) is 0.278. The van der Waals surface area contributed by atoms with Crippen LogP contribution in [0.1, 0.15) is 21.6 Å². The molecule has 7 heteroatoms. The molecule has 0 saturated heterocycles. The van der Waals surface area contributed by atoms with E-state index >= 15 is 0 Å². The second-order valence-corrected chi connectivity index (χ2v) is 5.80. The molecule has 0 bridgehead atoms. The SMILES string of the molecule is C=CC(=O)N(C)c1ccc(C(=O)Nc2c3c(nn2C)CCOC3)cc1. The van der Waals surface area contributed by atoms with Crippen LogP contribution in [0.25, 0.3) is 0 Å². The Bertz CT molecular complexity index is 824. The number of carbonyl (C=O) groups excluding carboxylic acids is 2. The summed E-state index contributed by atoms with van der Waals surface area (Å²) in [6, 6.07) is 6.80. The molecule has 1 aliphatic heterocycles. The molecule has 2 heterocycles. The van der Waals surface area contributed by atoms with Crippen molar-refractivity contribution in [2.45, 2.75) is 13.0 Å². The van der Waals surface area contributed by atoms with Crippen LogP contribution < -0.4 is 10.2 Å². The van der Waals surface area contributed by atoms with Crippen LogP contribution in [0.3, 0.4) is 0 Å². The molecule has 2 amide bonds. The van der Waals surface area contributed by atoms with Gasteiger partial charge in [-0.05, 0) is 30.3 Å². The Morgan fingerprint density at radius 2 is 2.08 bits per heavy atom. The number of anilines is 2. The number of aryl methyl sites for hydroxylation is 1. The Labute approximate surface area is 145 Å². The largest absolute Gasteiger partial charge is 0.376 e. The van der Waals surface area contributed by atoms with Crippen molar-refractivity contribution in [1.29, 1.82) is 0 Å². The molecule has 1 aromatic heterocycles. The number of hydrogen-bond donors (Lipinski definition) is 1. The van der Waals surface area contributed by atoms with E-state index in [4.69, 9.17) is 4.74 Å². The van der Waals surface area contributed by atoms with Gasteiger partial charge in [0.25, 0.3) is 5.91 Å². The van der Waals surface area contributed by atoms with E-state index in [1.165, 1.54) is 11.0 Å². The van der Waals surface area contributed by atoms with Crippen LogP contribution in [0.15, 0.2) is 36.9 Å². The first-order chi connectivity index (χ1) is 12.0. The van der Waals surface area contributed by atoms with E-state index < -0.39 is 0 Å². The first-order valence-electron chi connectivity index (χ1n) is 7.95. The van der Waals surface area contributed by atoms with E-state index in [-0.39, 0.29) is 11.8 Å². The molecule has 25 heavy (non-hydrogen) atoms. The minimum atomic E-state index is -0.236. The lowest BCUT2D eigenvalue weighted by Crippen LogP contribution is -2.23. The van der Waals surface area contributed by atoms with Crippen LogP contribution in [-0.2, 0) is 29.6 Å². The van der Waals surface area contributed by atoms with Crippen molar-refractivity contribution >= 4 is 23.3 Å². The molecule has 2 aromatic rings. The van der Waals surface area contributed by atoms with E-state index in [9.17, 15) is 9.59 Å². The highest BCUT2D eigenvalue weighted by atomic mass is 16.5. The first kappa shape index (κ1) is 16.9. The molecule has 0 fully saturated rings. The number of aromatic nitrogens is 2. The number of rotatable bonds is 4. The number of nitrogens with one attached hydrogen (secondary N) is 1. The van der Waals surface area contributed by atoms with E-state index in [2.05, 4.69) is 17.0 Å². The standard InChI is InChI=1S/C18H20N4O3/c1-4-16(23)21(2)13-7-5-12(6-8-13)18(24)19-17-14-11-25-10-9-15(14)20-22(17)3/h4-8H,1,9-11H2,2-3H3,(H,19,24). The van der Waals surface area contributed by atoms with Gasteiger partial charge in [0.05, 0.1) is 18.9 Å². The molecule has 1 N–H and O–H groups in total. The molecular formula is C18H20N4O3. The quantitative estimate of drug-likeness (QED) is 0.863. The molecule has 0 saturated carbocycles. The Morgan fingerprint density at radius 3 is 2.76 bits per heavy atom. The maximum Gasteiger partial charge on any atom is 0.256 e. The monoisotopic (exact) mass is 340 g/mol. The summed E-state index contributed by atoms with van der Waals surface area (Å²) in [5.74, 6) is 0.210.